The monoisotopic (exact) mass is 272 g/mol. The van der Waals surface area contributed by atoms with Gasteiger partial charge >= 0.3 is 12.1 Å². The Morgan fingerprint density at radius 2 is 2.05 bits per heavy atom. The van der Waals surface area contributed by atoms with Crippen molar-refractivity contribution in [3.8, 4) is 0 Å². The van der Waals surface area contributed by atoms with E-state index in [2.05, 4.69) is 0 Å². The molecular weight excluding hydrogens is 248 g/mol. The molecule has 3 N–H and O–H groups in total. The van der Waals surface area contributed by atoms with E-state index >= 15 is 0 Å². The number of carboxylic acid groups (broad SMARTS) is 1. The number of rotatable bonds is 2. The molecule has 0 bridgehead atoms. The first kappa shape index (κ1) is 15.8. The number of hydrogen-bond acceptors (Lipinski definition) is 4. The molecule has 6 heteroatoms. The zero-order chi connectivity index (χ0) is 14.8. The van der Waals surface area contributed by atoms with E-state index in [-0.39, 0.29) is 18.9 Å². The second kappa shape index (κ2) is 5.36. The number of nitrogens with zero attached hydrogens (tertiary/aromatic N) is 1. The highest BCUT2D eigenvalue weighted by Gasteiger charge is 2.39. The molecule has 1 amide bonds. The lowest BCUT2D eigenvalue weighted by Gasteiger charge is -2.42. The average molecular weight is 272 g/mol. The fourth-order valence-corrected chi connectivity index (χ4v) is 2.54. The van der Waals surface area contributed by atoms with Crippen LogP contribution >= 0.6 is 0 Å². The van der Waals surface area contributed by atoms with Crippen LogP contribution in [0.1, 0.15) is 40.5 Å². The second-order valence-corrected chi connectivity index (χ2v) is 6.60. The SMILES string of the molecule is CC1CN(C(=O)OC(C)(C)C)CC(N)(CC(=O)O)C1. The lowest BCUT2D eigenvalue weighted by Crippen LogP contribution is -2.59. The minimum Gasteiger partial charge on any atom is -0.481 e. The molecule has 1 aliphatic heterocycles. The Labute approximate surface area is 113 Å². The number of ether oxygens (including phenoxy) is 1. The predicted molar refractivity (Wildman–Crippen MR) is 70.8 cm³/mol. The van der Waals surface area contributed by atoms with Crippen LogP contribution in [0.4, 0.5) is 4.79 Å². The number of aliphatic carboxylic acids is 1. The molecule has 0 saturated carbocycles. The van der Waals surface area contributed by atoms with Crippen molar-refractivity contribution in [3.63, 3.8) is 0 Å². The van der Waals surface area contributed by atoms with Crippen molar-refractivity contribution in [1.29, 1.82) is 0 Å². The van der Waals surface area contributed by atoms with E-state index in [1.165, 1.54) is 4.90 Å². The number of carboxylic acids is 1. The van der Waals surface area contributed by atoms with Crippen LogP contribution in [0.2, 0.25) is 0 Å². The summed E-state index contributed by atoms with van der Waals surface area (Å²) in [5, 5.41) is 8.91. The highest BCUT2D eigenvalue weighted by molar-refractivity contribution is 5.70. The van der Waals surface area contributed by atoms with Crippen molar-refractivity contribution in [2.45, 2.75) is 51.7 Å². The van der Waals surface area contributed by atoms with Crippen molar-refractivity contribution in [2.75, 3.05) is 13.1 Å². The van der Waals surface area contributed by atoms with Crippen LogP contribution in [-0.2, 0) is 9.53 Å². The van der Waals surface area contributed by atoms with E-state index in [0.29, 0.717) is 13.0 Å². The van der Waals surface area contributed by atoms with Gasteiger partial charge in [-0.1, -0.05) is 6.92 Å². The fourth-order valence-electron chi connectivity index (χ4n) is 2.54. The quantitative estimate of drug-likeness (QED) is 0.793. The van der Waals surface area contributed by atoms with Gasteiger partial charge in [0.1, 0.15) is 5.60 Å². The van der Waals surface area contributed by atoms with Gasteiger partial charge in [0.2, 0.25) is 0 Å². The maximum absolute atomic E-state index is 12.0. The highest BCUT2D eigenvalue weighted by Crippen LogP contribution is 2.27. The first-order valence-corrected chi connectivity index (χ1v) is 6.49. The van der Waals surface area contributed by atoms with Crippen molar-refractivity contribution in [3.05, 3.63) is 0 Å². The molecule has 1 aliphatic rings. The van der Waals surface area contributed by atoms with Crippen molar-refractivity contribution in [2.24, 2.45) is 11.7 Å². The number of amides is 1. The van der Waals surface area contributed by atoms with Crippen LogP contribution in [0.3, 0.4) is 0 Å². The lowest BCUT2D eigenvalue weighted by molar-refractivity contribution is -0.139. The van der Waals surface area contributed by atoms with Gasteiger partial charge in [-0.05, 0) is 33.1 Å². The van der Waals surface area contributed by atoms with E-state index in [0.717, 1.165) is 0 Å². The largest absolute Gasteiger partial charge is 0.481 e. The molecule has 1 saturated heterocycles. The van der Waals surface area contributed by atoms with Crippen LogP contribution in [-0.4, -0.2) is 46.3 Å². The van der Waals surface area contributed by atoms with Crippen molar-refractivity contribution >= 4 is 12.1 Å². The summed E-state index contributed by atoms with van der Waals surface area (Å²) in [6.45, 7) is 8.12. The fraction of sp³-hybridized carbons (Fsp3) is 0.846. The van der Waals surface area contributed by atoms with Gasteiger partial charge in [-0.15, -0.1) is 0 Å². The maximum Gasteiger partial charge on any atom is 0.410 e. The van der Waals surface area contributed by atoms with E-state index in [4.69, 9.17) is 15.6 Å². The molecule has 2 unspecified atom stereocenters. The van der Waals surface area contributed by atoms with E-state index < -0.39 is 23.2 Å². The molecule has 6 nitrogen and oxygen atoms in total. The van der Waals surface area contributed by atoms with Crippen LogP contribution in [0.15, 0.2) is 0 Å². The highest BCUT2D eigenvalue weighted by atomic mass is 16.6. The van der Waals surface area contributed by atoms with E-state index in [1.807, 2.05) is 6.92 Å². The molecule has 0 aromatic carbocycles. The summed E-state index contributed by atoms with van der Waals surface area (Å²) in [4.78, 5) is 24.4. The van der Waals surface area contributed by atoms with Gasteiger partial charge in [-0.25, -0.2) is 4.79 Å². The van der Waals surface area contributed by atoms with Crippen molar-refractivity contribution in [1.82, 2.24) is 4.90 Å². The smallest absolute Gasteiger partial charge is 0.410 e. The van der Waals surface area contributed by atoms with Gasteiger partial charge in [-0.3, -0.25) is 4.79 Å². The molecule has 0 spiro atoms. The Bertz CT molecular complexity index is 364. The summed E-state index contributed by atoms with van der Waals surface area (Å²) in [5.41, 5.74) is 4.67. The number of likely N-dealkylation sites (tertiary alicyclic amines) is 1. The maximum atomic E-state index is 12.0. The zero-order valence-electron chi connectivity index (χ0n) is 12.1. The summed E-state index contributed by atoms with van der Waals surface area (Å²) >= 11 is 0. The number of carbonyl (C=O) groups is 2. The summed E-state index contributed by atoms with van der Waals surface area (Å²) in [5.74, 6) is -0.786. The molecule has 1 fully saturated rings. The lowest BCUT2D eigenvalue weighted by atomic mass is 9.82. The summed E-state index contributed by atoms with van der Waals surface area (Å²) in [6.07, 6.45) is 0.0224. The van der Waals surface area contributed by atoms with E-state index in [9.17, 15) is 9.59 Å². The van der Waals surface area contributed by atoms with Crippen molar-refractivity contribution < 1.29 is 19.4 Å². The van der Waals surface area contributed by atoms with Crippen LogP contribution in [0.5, 0.6) is 0 Å². The first-order chi connectivity index (χ1) is 8.51. The normalized spacial score (nSPS) is 28.1. The molecular formula is C13H24N2O4. The summed E-state index contributed by atoms with van der Waals surface area (Å²) in [6, 6.07) is 0. The summed E-state index contributed by atoms with van der Waals surface area (Å²) < 4.78 is 5.31. The Balaban J connectivity index is 2.75. The third-order valence-electron chi connectivity index (χ3n) is 2.95. The van der Waals surface area contributed by atoms with Gasteiger partial charge in [0.15, 0.2) is 0 Å². The Hall–Kier alpha value is -1.30. The number of hydrogen-bond donors (Lipinski definition) is 2. The topological polar surface area (TPSA) is 92.9 Å². The van der Waals surface area contributed by atoms with Crippen LogP contribution < -0.4 is 5.73 Å². The van der Waals surface area contributed by atoms with Crippen LogP contribution in [0.25, 0.3) is 0 Å². The molecule has 0 aromatic heterocycles. The van der Waals surface area contributed by atoms with Crippen LogP contribution in [0, 0.1) is 5.92 Å². The number of nitrogens with two attached hydrogens (primary N) is 1. The minimum absolute atomic E-state index is 0.142. The standard InChI is InChI=1S/C13H24N2O4/c1-9-5-13(14,6-10(16)17)8-15(7-9)11(18)19-12(2,3)4/h9H,5-8,14H2,1-4H3,(H,16,17). The average Bonchev–Trinajstić information content (AvgIpc) is 2.10. The Kier molecular flexibility index (Phi) is 4.45. The molecule has 1 rings (SSSR count). The van der Waals surface area contributed by atoms with Gasteiger partial charge in [0, 0.05) is 18.6 Å². The molecule has 0 aromatic rings. The van der Waals surface area contributed by atoms with Gasteiger partial charge in [0.25, 0.3) is 0 Å². The first-order valence-electron chi connectivity index (χ1n) is 6.49. The molecule has 2 atom stereocenters. The van der Waals surface area contributed by atoms with Gasteiger partial charge in [-0.2, -0.15) is 0 Å². The van der Waals surface area contributed by atoms with E-state index in [1.54, 1.807) is 20.8 Å². The summed E-state index contributed by atoms with van der Waals surface area (Å²) in [7, 11) is 0. The molecule has 0 radical (unpaired) electrons. The number of piperidine rings is 1. The second-order valence-electron chi connectivity index (χ2n) is 6.60. The molecule has 1 heterocycles. The third kappa shape index (κ3) is 5.06. The molecule has 110 valence electrons. The minimum atomic E-state index is -0.944. The Morgan fingerprint density at radius 1 is 1.47 bits per heavy atom. The Morgan fingerprint density at radius 3 is 2.53 bits per heavy atom. The predicted octanol–water partition coefficient (Wildman–Crippen LogP) is 1.44. The number of carbonyl (C=O) groups excluding carboxylic acids is 1. The zero-order valence-corrected chi connectivity index (χ0v) is 12.1. The molecule has 0 aliphatic carbocycles. The molecule has 19 heavy (non-hydrogen) atoms. The van der Waals surface area contributed by atoms with Gasteiger partial charge in [0.05, 0.1) is 6.42 Å². The van der Waals surface area contributed by atoms with Gasteiger partial charge < -0.3 is 20.5 Å². The third-order valence-corrected chi connectivity index (χ3v) is 2.95.